The van der Waals surface area contributed by atoms with E-state index in [1.54, 1.807) is 0 Å². The zero-order chi connectivity index (χ0) is 17.8. The minimum Gasteiger partial charge on any atom is -0.381 e. The van der Waals surface area contributed by atoms with Crippen LogP contribution in [0.25, 0.3) is 10.9 Å². The Morgan fingerprint density at radius 1 is 1.40 bits per heavy atom. The Bertz CT molecular complexity index is 733. The van der Waals surface area contributed by atoms with Crippen LogP contribution in [0.3, 0.4) is 0 Å². The highest BCUT2D eigenvalue weighted by Crippen LogP contribution is 2.32. The molecule has 136 valence electrons. The molecule has 2 N–H and O–H groups in total. The summed E-state index contributed by atoms with van der Waals surface area (Å²) in [5.41, 5.74) is 4.66. The summed E-state index contributed by atoms with van der Waals surface area (Å²) in [6.45, 7) is 8.70. The maximum Gasteiger partial charge on any atom is 0.251 e. The van der Waals surface area contributed by atoms with Gasteiger partial charge in [-0.1, -0.05) is 20.8 Å². The summed E-state index contributed by atoms with van der Waals surface area (Å²) in [6.07, 6.45) is 4.31. The molecule has 0 radical (unpaired) electrons. The van der Waals surface area contributed by atoms with Crippen molar-refractivity contribution >= 4 is 16.8 Å². The first-order valence-corrected chi connectivity index (χ1v) is 9.54. The lowest BCUT2D eigenvalue weighted by atomic mass is 9.87. The lowest BCUT2D eigenvalue weighted by Gasteiger charge is -2.18. The molecule has 0 bridgehead atoms. The average molecular weight is 342 g/mol. The van der Waals surface area contributed by atoms with E-state index in [1.807, 2.05) is 18.2 Å². The molecule has 1 aromatic heterocycles. The number of benzene rings is 1. The molecule has 3 rings (SSSR count). The fraction of sp³-hybridized carbons (Fsp3) is 0.571. The summed E-state index contributed by atoms with van der Waals surface area (Å²) in [5, 5.41) is 4.22. The highest BCUT2D eigenvalue weighted by molar-refractivity contribution is 5.99. The number of aromatic nitrogens is 1. The van der Waals surface area contributed by atoms with Gasteiger partial charge < -0.3 is 15.0 Å². The number of carbonyl (C=O) groups excluding carboxylic acids is 1. The summed E-state index contributed by atoms with van der Waals surface area (Å²) < 4.78 is 5.55. The van der Waals surface area contributed by atoms with Gasteiger partial charge in [-0.05, 0) is 61.3 Å². The minimum atomic E-state index is 0.00423. The number of ether oxygens (including phenoxy) is 1. The lowest BCUT2D eigenvalue weighted by Crippen LogP contribution is -2.25. The van der Waals surface area contributed by atoms with Crippen LogP contribution < -0.4 is 5.32 Å². The van der Waals surface area contributed by atoms with E-state index < -0.39 is 0 Å². The monoisotopic (exact) mass is 342 g/mol. The molecular formula is C21H30N2O2. The van der Waals surface area contributed by atoms with Gasteiger partial charge >= 0.3 is 0 Å². The summed E-state index contributed by atoms with van der Waals surface area (Å²) in [5.74, 6) is 1.27. The number of rotatable bonds is 7. The Morgan fingerprint density at radius 2 is 2.24 bits per heavy atom. The van der Waals surface area contributed by atoms with E-state index in [9.17, 15) is 4.79 Å². The van der Waals surface area contributed by atoms with Gasteiger partial charge in [-0.2, -0.15) is 0 Å². The fourth-order valence-corrected chi connectivity index (χ4v) is 3.53. The number of carbonyl (C=O) groups is 1. The zero-order valence-corrected chi connectivity index (χ0v) is 15.7. The fourth-order valence-electron chi connectivity index (χ4n) is 3.53. The molecule has 1 aromatic carbocycles. The Kier molecular flexibility index (Phi) is 5.79. The second kappa shape index (κ2) is 8.05. The van der Waals surface area contributed by atoms with Gasteiger partial charge in [0.15, 0.2) is 0 Å². The number of nitrogens with one attached hydrogen (secondary N) is 2. The number of amides is 1. The van der Waals surface area contributed by atoms with E-state index in [4.69, 9.17) is 4.74 Å². The molecule has 1 aliphatic carbocycles. The van der Waals surface area contributed by atoms with Crippen molar-refractivity contribution in [1.29, 1.82) is 0 Å². The third-order valence-corrected chi connectivity index (χ3v) is 4.90. The van der Waals surface area contributed by atoms with Crippen LogP contribution in [0.2, 0.25) is 0 Å². The van der Waals surface area contributed by atoms with Crippen LogP contribution in [0, 0.1) is 11.8 Å². The number of fused-ring (bicyclic) bond motifs is 3. The van der Waals surface area contributed by atoms with E-state index in [-0.39, 0.29) is 5.91 Å². The molecule has 25 heavy (non-hydrogen) atoms. The first kappa shape index (κ1) is 18.0. The van der Waals surface area contributed by atoms with Crippen molar-refractivity contribution in [1.82, 2.24) is 10.3 Å². The van der Waals surface area contributed by atoms with Gasteiger partial charge in [0.2, 0.25) is 0 Å². The normalized spacial score (nSPS) is 17.0. The second-order valence-corrected chi connectivity index (χ2v) is 7.77. The van der Waals surface area contributed by atoms with Gasteiger partial charge in [-0.15, -0.1) is 0 Å². The highest BCUT2D eigenvalue weighted by Gasteiger charge is 2.20. The standard InChI is InChI=1S/C21H30N2O2/c1-14(2)13-25-10-4-9-22-21(24)16-6-8-20-18(12-16)17-11-15(3)5-7-19(17)23-20/h6,8,12,14-15,23H,4-5,7,9-11,13H2,1-3H3,(H,22,24). The van der Waals surface area contributed by atoms with E-state index in [2.05, 4.69) is 31.1 Å². The molecule has 0 fully saturated rings. The van der Waals surface area contributed by atoms with E-state index in [1.165, 1.54) is 23.1 Å². The average Bonchev–Trinajstić information content (AvgIpc) is 2.94. The van der Waals surface area contributed by atoms with Gasteiger partial charge in [0.25, 0.3) is 5.91 Å². The molecule has 4 heteroatoms. The van der Waals surface area contributed by atoms with Crippen LogP contribution in [0.5, 0.6) is 0 Å². The van der Waals surface area contributed by atoms with Crippen molar-refractivity contribution in [3.05, 3.63) is 35.0 Å². The van der Waals surface area contributed by atoms with Crippen LogP contribution in [-0.2, 0) is 17.6 Å². The maximum atomic E-state index is 12.4. The number of H-pyrrole nitrogens is 1. The third-order valence-electron chi connectivity index (χ3n) is 4.90. The quantitative estimate of drug-likeness (QED) is 0.745. The van der Waals surface area contributed by atoms with Crippen LogP contribution in [0.4, 0.5) is 0 Å². The Labute approximate surface area is 150 Å². The van der Waals surface area contributed by atoms with E-state index >= 15 is 0 Å². The SMILES string of the molecule is CC(C)COCCCNC(=O)c1ccc2[nH]c3c(c2c1)CC(C)CC3. The Hall–Kier alpha value is -1.81. The van der Waals surface area contributed by atoms with Crippen LogP contribution in [-0.4, -0.2) is 30.6 Å². The Balaban J connectivity index is 1.59. The number of aryl methyl sites for hydroxylation is 1. The van der Waals surface area contributed by atoms with Gasteiger partial charge in [0, 0.05) is 41.9 Å². The molecule has 0 aliphatic heterocycles. The summed E-state index contributed by atoms with van der Waals surface area (Å²) in [4.78, 5) is 16.0. The van der Waals surface area contributed by atoms with Crippen molar-refractivity contribution in [3.63, 3.8) is 0 Å². The molecule has 2 aromatic rings. The molecule has 0 saturated carbocycles. The number of hydrogen-bond acceptors (Lipinski definition) is 2. The summed E-state index contributed by atoms with van der Waals surface area (Å²) in [6, 6.07) is 6.00. The molecule has 1 unspecified atom stereocenters. The van der Waals surface area contributed by atoms with Crippen LogP contribution >= 0.6 is 0 Å². The number of aromatic amines is 1. The topological polar surface area (TPSA) is 54.1 Å². The molecule has 0 spiro atoms. The summed E-state index contributed by atoms with van der Waals surface area (Å²) in [7, 11) is 0. The van der Waals surface area contributed by atoms with Gasteiger partial charge in [-0.3, -0.25) is 4.79 Å². The van der Waals surface area contributed by atoms with Crippen molar-refractivity contribution in [2.24, 2.45) is 11.8 Å². The number of hydrogen-bond donors (Lipinski definition) is 2. The predicted molar refractivity (Wildman–Crippen MR) is 102 cm³/mol. The molecule has 1 atom stereocenters. The molecule has 4 nitrogen and oxygen atoms in total. The maximum absolute atomic E-state index is 12.4. The van der Waals surface area contributed by atoms with E-state index in [0.29, 0.717) is 19.1 Å². The first-order valence-electron chi connectivity index (χ1n) is 9.54. The molecule has 1 heterocycles. The molecule has 1 aliphatic rings. The van der Waals surface area contributed by atoms with Crippen LogP contribution in [0.15, 0.2) is 18.2 Å². The van der Waals surface area contributed by atoms with Gasteiger partial charge in [0.05, 0.1) is 0 Å². The predicted octanol–water partition coefficient (Wildman–Crippen LogP) is 4.09. The molecular weight excluding hydrogens is 312 g/mol. The molecule has 0 saturated heterocycles. The van der Waals surface area contributed by atoms with E-state index in [0.717, 1.165) is 42.9 Å². The van der Waals surface area contributed by atoms with Gasteiger partial charge in [-0.25, -0.2) is 0 Å². The largest absolute Gasteiger partial charge is 0.381 e. The van der Waals surface area contributed by atoms with Crippen molar-refractivity contribution in [2.45, 2.75) is 46.5 Å². The second-order valence-electron chi connectivity index (χ2n) is 7.77. The minimum absolute atomic E-state index is 0.00423. The van der Waals surface area contributed by atoms with Crippen molar-refractivity contribution < 1.29 is 9.53 Å². The van der Waals surface area contributed by atoms with Crippen molar-refractivity contribution in [2.75, 3.05) is 19.8 Å². The zero-order valence-electron chi connectivity index (χ0n) is 15.7. The Morgan fingerprint density at radius 3 is 3.04 bits per heavy atom. The molecule has 1 amide bonds. The van der Waals surface area contributed by atoms with Crippen LogP contribution in [0.1, 0.15) is 55.2 Å². The van der Waals surface area contributed by atoms with Gasteiger partial charge in [0.1, 0.15) is 0 Å². The lowest BCUT2D eigenvalue weighted by molar-refractivity contribution is 0.0925. The van der Waals surface area contributed by atoms with Crippen molar-refractivity contribution in [3.8, 4) is 0 Å². The third kappa shape index (κ3) is 4.43. The summed E-state index contributed by atoms with van der Waals surface area (Å²) >= 11 is 0. The first-order chi connectivity index (χ1) is 12.0. The smallest absolute Gasteiger partial charge is 0.251 e. The highest BCUT2D eigenvalue weighted by atomic mass is 16.5.